The number of halogens is 8. The van der Waals surface area contributed by atoms with Gasteiger partial charge < -0.3 is 10.3 Å². The molecule has 138 valence electrons. The quantitative estimate of drug-likeness (QED) is 0.566. The molecular weight excluding hydrogens is 374 g/mol. The predicted octanol–water partition coefficient (Wildman–Crippen LogP) is 5.62. The van der Waals surface area contributed by atoms with Crippen LogP contribution in [0.1, 0.15) is 11.1 Å². The van der Waals surface area contributed by atoms with E-state index in [2.05, 4.69) is 15.3 Å². The minimum atomic E-state index is -5.09. The smallest absolute Gasteiger partial charge is 0.326 e. The zero-order valence-electron chi connectivity index (χ0n) is 12.4. The Kier molecular flexibility index (Phi) is 4.04. The van der Waals surface area contributed by atoms with Gasteiger partial charge in [-0.2, -0.15) is 26.3 Å². The summed E-state index contributed by atoms with van der Waals surface area (Å²) in [6.45, 7) is 0. The van der Waals surface area contributed by atoms with Crippen LogP contribution in [0.2, 0.25) is 0 Å². The summed E-state index contributed by atoms with van der Waals surface area (Å²) < 4.78 is 104. The highest BCUT2D eigenvalue weighted by molar-refractivity contribution is 5.83. The third-order valence-electron chi connectivity index (χ3n) is 3.34. The van der Waals surface area contributed by atoms with E-state index in [1.54, 1.807) is 0 Å². The first-order valence-corrected chi connectivity index (χ1v) is 6.85. The van der Waals surface area contributed by atoms with E-state index in [1.807, 2.05) is 0 Å². The molecule has 0 unspecified atom stereocenters. The standard InChI is InChI=1S/C15H7F8N3/c16-7-3-8(17)5-9(4-7)24-13-25-11-2-6(14(18,19)20)1-10(12(11)26-13)15(21,22)23/h1-5H,(H2,24,25,26). The molecule has 3 aromatic rings. The maximum Gasteiger partial charge on any atom is 0.418 e. The second-order valence-corrected chi connectivity index (χ2v) is 5.28. The van der Waals surface area contributed by atoms with Gasteiger partial charge in [-0.05, 0) is 24.3 Å². The van der Waals surface area contributed by atoms with Gasteiger partial charge in [0.05, 0.1) is 16.6 Å². The summed E-state index contributed by atoms with van der Waals surface area (Å²) in [6, 6.07) is 2.66. The first kappa shape index (κ1) is 18.0. The summed E-state index contributed by atoms with van der Waals surface area (Å²) in [7, 11) is 0. The largest absolute Gasteiger partial charge is 0.418 e. The van der Waals surface area contributed by atoms with Gasteiger partial charge in [-0.15, -0.1) is 0 Å². The lowest BCUT2D eigenvalue weighted by Crippen LogP contribution is -2.11. The number of alkyl halides is 6. The molecule has 3 rings (SSSR count). The van der Waals surface area contributed by atoms with Gasteiger partial charge in [0.25, 0.3) is 0 Å². The van der Waals surface area contributed by atoms with Crippen molar-refractivity contribution in [2.45, 2.75) is 12.4 Å². The Bertz CT molecular complexity index is 951. The molecule has 0 aliphatic carbocycles. The molecule has 0 radical (unpaired) electrons. The number of H-pyrrole nitrogens is 1. The van der Waals surface area contributed by atoms with Crippen LogP contribution in [0.3, 0.4) is 0 Å². The van der Waals surface area contributed by atoms with E-state index < -0.39 is 52.1 Å². The lowest BCUT2D eigenvalue weighted by atomic mass is 10.1. The maximum atomic E-state index is 13.2. The Morgan fingerprint density at radius 3 is 1.96 bits per heavy atom. The summed E-state index contributed by atoms with van der Waals surface area (Å²) in [4.78, 5) is 5.80. The lowest BCUT2D eigenvalue weighted by Gasteiger charge is -2.11. The molecule has 0 spiro atoms. The Morgan fingerprint density at radius 1 is 0.808 bits per heavy atom. The monoisotopic (exact) mass is 381 g/mol. The molecule has 0 fully saturated rings. The highest BCUT2D eigenvalue weighted by atomic mass is 19.4. The van der Waals surface area contributed by atoms with Crippen LogP contribution < -0.4 is 5.32 Å². The van der Waals surface area contributed by atoms with Gasteiger partial charge >= 0.3 is 12.4 Å². The third-order valence-corrected chi connectivity index (χ3v) is 3.34. The molecule has 3 nitrogen and oxygen atoms in total. The highest BCUT2D eigenvalue weighted by Gasteiger charge is 2.39. The summed E-state index contributed by atoms with van der Waals surface area (Å²) in [5.41, 5.74) is -4.58. The molecule has 2 N–H and O–H groups in total. The lowest BCUT2D eigenvalue weighted by molar-refractivity contribution is -0.142. The Labute approximate surface area is 139 Å². The normalized spacial score (nSPS) is 12.6. The predicted molar refractivity (Wildman–Crippen MR) is 75.7 cm³/mol. The van der Waals surface area contributed by atoms with Gasteiger partial charge in [-0.1, -0.05) is 0 Å². The van der Waals surface area contributed by atoms with E-state index in [1.165, 1.54) is 0 Å². The van der Waals surface area contributed by atoms with E-state index in [0.29, 0.717) is 12.1 Å². The molecule has 1 heterocycles. The summed E-state index contributed by atoms with van der Waals surface area (Å²) in [5.74, 6) is -2.33. The van der Waals surface area contributed by atoms with Crippen LogP contribution in [0.4, 0.5) is 46.8 Å². The van der Waals surface area contributed by atoms with Crippen molar-refractivity contribution in [3.63, 3.8) is 0 Å². The van der Waals surface area contributed by atoms with Crippen LogP contribution in [-0.2, 0) is 12.4 Å². The van der Waals surface area contributed by atoms with Crippen molar-refractivity contribution in [3.8, 4) is 0 Å². The number of rotatable bonds is 2. The molecule has 26 heavy (non-hydrogen) atoms. The van der Waals surface area contributed by atoms with Gasteiger partial charge in [0, 0.05) is 11.8 Å². The fraction of sp³-hybridized carbons (Fsp3) is 0.133. The molecule has 0 saturated carbocycles. The number of aromatic amines is 1. The van der Waals surface area contributed by atoms with Gasteiger partial charge in [-0.3, -0.25) is 0 Å². The van der Waals surface area contributed by atoms with Gasteiger partial charge in [0.1, 0.15) is 17.2 Å². The average Bonchev–Trinajstić information content (AvgIpc) is 2.84. The molecule has 1 aromatic heterocycles. The van der Waals surface area contributed by atoms with Crippen molar-refractivity contribution >= 4 is 22.7 Å². The first-order valence-electron chi connectivity index (χ1n) is 6.85. The molecular formula is C15H7F8N3. The van der Waals surface area contributed by atoms with Crippen molar-refractivity contribution in [2.75, 3.05) is 5.32 Å². The second kappa shape index (κ2) is 5.85. The van der Waals surface area contributed by atoms with Crippen LogP contribution in [-0.4, -0.2) is 9.97 Å². The summed E-state index contributed by atoms with van der Waals surface area (Å²) in [6.07, 6.45) is -10.1. The van der Waals surface area contributed by atoms with Gasteiger partial charge in [0.15, 0.2) is 0 Å². The zero-order valence-corrected chi connectivity index (χ0v) is 12.4. The topological polar surface area (TPSA) is 40.7 Å². The van der Waals surface area contributed by atoms with E-state index >= 15 is 0 Å². The minimum Gasteiger partial charge on any atom is -0.326 e. The number of nitrogens with one attached hydrogen (secondary N) is 2. The van der Waals surface area contributed by atoms with Crippen molar-refractivity contribution in [1.82, 2.24) is 9.97 Å². The number of hydrogen-bond donors (Lipinski definition) is 2. The van der Waals surface area contributed by atoms with Crippen LogP contribution in [0.5, 0.6) is 0 Å². The number of anilines is 2. The molecule has 11 heteroatoms. The Morgan fingerprint density at radius 2 is 1.42 bits per heavy atom. The van der Waals surface area contributed by atoms with Gasteiger partial charge in [0.2, 0.25) is 5.95 Å². The Balaban J connectivity index is 2.12. The number of fused-ring (bicyclic) bond motifs is 1. The van der Waals surface area contributed by atoms with E-state index in [0.717, 1.165) is 12.1 Å². The number of aromatic nitrogens is 2. The molecule has 0 aliphatic heterocycles. The van der Waals surface area contributed by atoms with Crippen LogP contribution in [0, 0.1) is 11.6 Å². The van der Waals surface area contributed by atoms with Crippen molar-refractivity contribution in [1.29, 1.82) is 0 Å². The fourth-order valence-electron chi connectivity index (χ4n) is 2.32. The summed E-state index contributed by atoms with van der Waals surface area (Å²) in [5, 5.41) is 2.32. The molecule has 0 amide bonds. The first-order chi connectivity index (χ1) is 11.9. The number of imidazole rings is 1. The maximum absolute atomic E-state index is 13.2. The number of benzene rings is 2. The number of nitrogens with zero attached hydrogens (tertiary/aromatic N) is 1. The SMILES string of the molecule is Fc1cc(F)cc(Nc2nc3c(C(F)(F)F)cc(C(F)(F)F)cc3[nH]2)c1. The molecule has 0 aliphatic rings. The van der Waals surface area contributed by atoms with Crippen LogP contribution in [0.15, 0.2) is 30.3 Å². The Hall–Kier alpha value is -2.85. The number of hydrogen-bond acceptors (Lipinski definition) is 2. The van der Waals surface area contributed by atoms with E-state index in [-0.39, 0.29) is 11.8 Å². The van der Waals surface area contributed by atoms with Crippen molar-refractivity contribution in [2.24, 2.45) is 0 Å². The van der Waals surface area contributed by atoms with E-state index in [4.69, 9.17) is 0 Å². The zero-order chi connectivity index (χ0) is 19.3. The van der Waals surface area contributed by atoms with Gasteiger partial charge in [-0.25, -0.2) is 13.8 Å². The van der Waals surface area contributed by atoms with Crippen molar-refractivity contribution < 1.29 is 35.1 Å². The highest BCUT2D eigenvalue weighted by Crippen LogP contribution is 2.39. The second-order valence-electron chi connectivity index (χ2n) is 5.28. The molecule has 0 bridgehead atoms. The molecule has 2 aromatic carbocycles. The molecule has 0 atom stereocenters. The summed E-state index contributed by atoms with van der Waals surface area (Å²) >= 11 is 0. The third kappa shape index (κ3) is 3.55. The van der Waals surface area contributed by atoms with Crippen LogP contribution >= 0.6 is 0 Å². The minimum absolute atomic E-state index is 0.0468. The molecule has 0 saturated heterocycles. The van der Waals surface area contributed by atoms with E-state index in [9.17, 15) is 35.1 Å². The van der Waals surface area contributed by atoms with Crippen molar-refractivity contribution in [3.05, 3.63) is 53.1 Å². The van der Waals surface area contributed by atoms with Crippen LogP contribution in [0.25, 0.3) is 11.0 Å². The average molecular weight is 381 g/mol. The fourth-order valence-corrected chi connectivity index (χ4v) is 2.32.